The Hall–Kier alpha value is -2.04. The summed E-state index contributed by atoms with van der Waals surface area (Å²) in [6.07, 6.45) is 4.42. The van der Waals surface area contributed by atoms with Gasteiger partial charge in [-0.2, -0.15) is 0 Å². The van der Waals surface area contributed by atoms with Crippen LogP contribution in [0.5, 0.6) is 0 Å². The molecule has 1 heterocycles. The highest BCUT2D eigenvalue weighted by molar-refractivity contribution is 7.78. The zero-order valence-electron chi connectivity index (χ0n) is 18.4. The number of H-pyrrole nitrogens is 1. The highest BCUT2D eigenvalue weighted by atomic mass is 32.1. The van der Waals surface area contributed by atoms with E-state index in [1.165, 1.54) is 27.7 Å². The van der Waals surface area contributed by atoms with Crippen LogP contribution in [0.4, 0.5) is 0 Å². The minimum atomic E-state index is -0.442. The van der Waals surface area contributed by atoms with Crippen molar-refractivity contribution in [1.29, 1.82) is 0 Å². The third kappa shape index (κ3) is 2.96. The van der Waals surface area contributed by atoms with Gasteiger partial charge in [0.1, 0.15) is 0 Å². The van der Waals surface area contributed by atoms with E-state index < -0.39 is 5.41 Å². The smallest absolute Gasteiger partial charge is 0.155 e. The summed E-state index contributed by atoms with van der Waals surface area (Å²) >= 11 is 5.09. The number of hydrogen-bond donors (Lipinski definition) is 1. The van der Waals surface area contributed by atoms with Gasteiger partial charge >= 0.3 is 0 Å². The summed E-state index contributed by atoms with van der Waals surface area (Å²) in [5.74, 6) is 0. The van der Waals surface area contributed by atoms with Crippen molar-refractivity contribution in [3.05, 3.63) is 53.8 Å². The number of nitrogens with one attached hydrogen (secondary N) is 1. The summed E-state index contributed by atoms with van der Waals surface area (Å²) in [5, 5.41) is 3.94. The highest BCUT2D eigenvalue weighted by Gasteiger charge is 2.52. The van der Waals surface area contributed by atoms with Gasteiger partial charge in [-0.05, 0) is 49.7 Å². The van der Waals surface area contributed by atoms with Gasteiger partial charge in [0.05, 0.1) is 17.3 Å². The van der Waals surface area contributed by atoms with E-state index in [9.17, 15) is 0 Å². The summed E-state index contributed by atoms with van der Waals surface area (Å²) in [5.41, 5.74) is 5.66. The van der Waals surface area contributed by atoms with Gasteiger partial charge in [-0.15, -0.1) is 6.58 Å². The Labute approximate surface area is 184 Å². The van der Waals surface area contributed by atoms with Gasteiger partial charge < -0.3 is 14.5 Å². The fourth-order valence-electron chi connectivity index (χ4n) is 5.35. The number of benzene rings is 1. The van der Waals surface area contributed by atoms with Crippen LogP contribution in [0.2, 0.25) is 0 Å². The van der Waals surface area contributed by atoms with Crippen molar-refractivity contribution in [2.75, 3.05) is 6.61 Å². The van der Waals surface area contributed by atoms with Crippen LogP contribution in [0.15, 0.2) is 47.6 Å². The van der Waals surface area contributed by atoms with Crippen molar-refractivity contribution >= 4 is 33.9 Å². The fourth-order valence-corrected chi connectivity index (χ4v) is 5.45. The molecule has 0 bridgehead atoms. The SMILES string of the molecule is C=C[C@]1(C)[C@H](N=C=S)C2=C(C[C@H]1OC(C)OCC)C(C)(C)c1cccc3[nH]cc2c13. The molecule has 0 saturated carbocycles. The van der Waals surface area contributed by atoms with Crippen LogP contribution in [-0.2, 0) is 14.9 Å². The lowest BCUT2D eigenvalue weighted by Gasteiger charge is -2.50. The molecule has 4 atom stereocenters. The number of isothiocyanates is 1. The van der Waals surface area contributed by atoms with E-state index in [4.69, 9.17) is 26.7 Å². The van der Waals surface area contributed by atoms with E-state index >= 15 is 0 Å². The van der Waals surface area contributed by atoms with E-state index in [1.807, 2.05) is 19.9 Å². The van der Waals surface area contributed by atoms with Gasteiger partial charge in [-0.1, -0.05) is 44.6 Å². The predicted molar refractivity (Wildman–Crippen MR) is 126 cm³/mol. The Morgan fingerprint density at radius 2 is 2.17 bits per heavy atom. The summed E-state index contributed by atoms with van der Waals surface area (Å²) in [4.78, 5) is 8.16. The van der Waals surface area contributed by atoms with Crippen molar-refractivity contribution in [3.63, 3.8) is 0 Å². The average molecular weight is 423 g/mol. The standard InChI is InChI=1S/C25H30N2O2S/c1-7-25(6)20(29-15(3)28-8-2)12-18-22(23(25)27-14-30)16-13-26-19-11-9-10-17(21(16)19)24(18,4)5/h7,9-11,13,15,20,23,26H,1,8,12H2,2-6H3/t15?,20-,23-,25+/m1/s1. The lowest BCUT2D eigenvalue weighted by molar-refractivity contribution is -0.180. The molecule has 1 aromatic carbocycles. The minimum absolute atomic E-state index is 0.133. The van der Waals surface area contributed by atoms with Gasteiger partial charge in [-0.3, -0.25) is 0 Å². The number of aliphatic imine (C=N–C) groups is 1. The molecule has 4 rings (SSSR count). The molecule has 158 valence electrons. The summed E-state index contributed by atoms with van der Waals surface area (Å²) in [6.45, 7) is 15.5. The third-order valence-corrected chi connectivity index (χ3v) is 7.18. The number of aromatic amines is 1. The van der Waals surface area contributed by atoms with Crippen LogP contribution < -0.4 is 0 Å². The molecular weight excluding hydrogens is 392 g/mol. The van der Waals surface area contributed by atoms with Crippen LogP contribution in [0.3, 0.4) is 0 Å². The van der Waals surface area contributed by atoms with Crippen LogP contribution >= 0.6 is 12.2 Å². The van der Waals surface area contributed by atoms with E-state index in [1.54, 1.807) is 0 Å². The number of nitrogens with zero attached hydrogens (tertiary/aromatic N) is 1. The largest absolute Gasteiger partial charge is 0.361 e. The second-order valence-corrected chi connectivity index (χ2v) is 9.18. The van der Waals surface area contributed by atoms with Crippen LogP contribution in [-0.4, -0.2) is 35.2 Å². The molecule has 30 heavy (non-hydrogen) atoms. The van der Waals surface area contributed by atoms with Crippen molar-refractivity contribution < 1.29 is 9.47 Å². The maximum atomic E-state index is 6.44. The Kier molecular flexibility index (Phi) is 5.36. The Bertz CT molecular complexity index is 1080. The minimum Gasteiger partial charge on any atom is -0.361 e. The monoisotopic (exact) mass is 422 g/mol. The molecule has 0 aliphatic heterocycles. The maximum absolute atomic E-state index is 6.44. The first-order chi connectivity index (χ1) is 14.3. The molecule has 2 aliphatic rings. The molecule has 2 aliphatic carbocycles. The first-order valence-electron chi connectivity index (χ1n) is 10.6. The second-order valence-electron chi connectivity index (χ2n) is 8.99. The van der Waals surface area contributed by atoms with E-state index in [0.717, 1.165) is 11.9 Å². The molecule has 4 nitrogen and oxygen atoms in total. The van der Waals surface area contributed by atoms with Crippen LogP contribution in [0.25, 0.3) is 16.5 Å². The molecule has 1 N–H and O–H groups in total. The van der Waals surface area contributed by atoms with Crippen molar-refractivity contribution in [1.82, 2.24) is 4.98 Å². The number of ether oxygens (including phenoxy) is 2. The number of fused-ring (bicyclic) bond motifs is 1. The zero-order chi connectivity index (χ0) is 21.7. The topological polar surface area (TPSA) is 46.6 Å². The third-order valence-electron chi connectivity index (χ3n) is 7.07. The number of rotatable bonds is 6. The first kappa shape index (κ1) is 21.2. The molecule has 0 saturated heterocycles. The Morgan fingerprint density at radius 1 is 1.40 bits per heavy atom. The molecule has 0 fully saturated rings. The fraction of sp³-hybridized carbons (Fsp3) is 0.480. The summed E-state index contributed by atoms with van der Waals surface area (Å²) in [6, 6.07) is 6.27. The van der Waals surface area contributed by atoms with E-state index in [-0.39, 0.29) is 23.9 Å². The number of thiocarbonyl (C=S) groups is 1. The average Bonchev–Trinajstić information content (AvgIpc) is 3.14. The predicted octanol–water partition coefficient (Wildman–Crippen LogP) is 6.05. The first-order valence-corrected chi connectivity index (χ1v) is 11.0. The van der Waals surface area contributed by atoms with Crippen molar-refractivity contribution in [2.24, 2.45) is 10.4 Å². The van der Waals surface area contributed by atoms with Gasteiger partial charge in [0.15, 0.2) is 6.29 Å². The van der Waals surface area contributed by atoms with Gasteiger partial charge in [0, 0.05) is 40.1 Å². The quantitative estimate of drug-likeness (QED) is 0.267. The lowest BCUT2D eigenvalue weighted by atomic mass is 9.58. The van der Waals surface area contributed by atoms with Gasteiger partial charge in [0.2, 0.25) is 0 Å². The highest BCUT2D eigenvalue weighted by Crippen LogP contribution is 2.57. The zero-order valence-corrected chi connectivity index (χ0v) is 19.2. The second kappa shape index (κ2) is 7.58. The Morgan fingerprint density at radius 3 is 2.83 bits per heavy atom. The number of aromatic nitrogens is 1. The summed E-state index contributed by atoms with van der Waals surface area (Å²) < 4.78 is 12.2. The van der Waals surface area contributed by atoms with Crippen LogP contribution in [0, 0.1) is 5.41 Å². The molecule has 1 aromatic heterocycles. The van der Waals surface area contributed by atoms with Crippen LogP contribution in [0.1, 0.15) is 52.2 Å². The molecule has 1 unspecified atom stereocenters. The molecule has 5 heteroatoms. The lowest BCUT2D eigenvalue weighted by Crippen LogP contribution is -2.50. The van der Waals surface area contributed by atoms with E-state index in [2.05, 4.69) is 61.9 Å². The van der Waals surface area contributed by atoms with Gasteiger partial charge in [-0.25, -0.2) is 4.99 Å². The molecule has 0 spiro atoms. The van der Waals surface area contributed by atoms with Gasteiger partial charge in [0.25, 0.3) is 0 Å². The van der Waals surface area contributed by atoms with Crippen molar-refractivity contribution in [2.45, 2.75) is 64.9 Å². The molecule has 2 aromatic rings. The summed E-state index contributed by atoms with van der Waals surface area (Å²) in [7, 11) is 0. The number of hydrogen-bond acceptors (Lipinski definition) is 4. The maximum Gasteiger partial charge on any atom is 0.155 e. The van der Waals surface area contributed by atoms with Crippen molar-refractivity contribution in [3.8, 4) is 0 Å². The normalized spacial score (nSPS) is 28.0. The molecular formula is C25H30N2O2S. The molecule has 0 radical (unpaired) electrons. The molecule has 0 amide bonds. The van der Waals surface area contributed by atoms with E-state index in [0.29, 0.717) is 6.61 Å². The Balaban J connectivity index is 1.96.